The standard InChI is InChI=1S/C15H16ClN7O3S2/c1-15(11(17)25,12-21-22-13(16)27-12)28-14-19-9-8(10(24)20-14)6-18-23(9)7-2-4-26-5-3-7/h6-7H,2-5H2,1H3,(H2,17,25)(H,19,20,24). The second-order valence-electron chi connectivity index (χ2n) is 6.40. The number of halogens is 1. The van der Waals surface area contributed by atoms with E-state index in [0.29, 0.717) is 29.3 Å². The number of H-pyrrole nitrogens is 1. The Balaban J connectivity index is 1.76. The van der Waals surface area contributed by atoms with Gasteiger partial charge in [0.15, 0.2) is 15.6 Å². The third kappa shape index (κ3) is 3.41. The molecule has 148 valence electrons. The predicted octanol–water partition coefficient (Wildman–Crippen LogP) is 1.47. The first-order chi connectivity index (χ1) is 13.4. The summed E-state index contributed by atoms with van der Waals surface area (Å²) in [6, 6.07) is 0.0999. The van der Waals surface area contributed by atoms with Crippen LogP contribution in [0.3, 0.4) is 0 Å². The Morgan fingerprint density at radius 1 is 1.46 bits per heavy atom. The zero-order valence-electron chi connectivity index (χ0n) is 14.7. The fraction of sp³-hybridized carbons (Fsp3) is 0.467. The van der Waals surface area contributed by atoms with Gasteiger partial charge in [-0.2, -0.15) is 5.10 Å². The second-order valence-corrected chi connectivity index (χ2v) is 9.37. The number of carbonyl (C=O) groups excluding carboxylic acids is 1. The lowest BCUT2D eigenvalue weighted by atomic mass is 10.1. The van der Waals surface area contributed by atoms with Crippen molar-refractivity contribution in [3.05, 3.63) is 26.0 Å². The van der Waals surface area contributed by atoms with Crippen LogP contribution in [-0.2, 0) is 14.3 Å². The summed E-state index contributed by atoms with van der Waals surface area (Å²) in [7, 11) is 0. The Bertz CT molecular complexity index is 1090. The number of ether oxygens (including phenoxy) is 1. The van der Waals surface area contributed by atoms with Gasteiger partial charge in [0, 0.05) is 13.2 Å². The van der Waals surface area contributed by atoms with Crippen LogP contribution in [0.2, 0.25) is 4.47 Å². The minimum atomic E-state index is -1.29. The van der Waals surface area contributed by atoms with Gasteiger partial charge in [-0.1, -0.05) is 23.1 Å². The van der Waals surface area contributed by atoms with Crippen molar-refractivity contribution >= 4 is 51.6 Å². The van der Waals surface area contributed by atoms with Crippen LogP contribution >= 0.6 is 34.7 Å². The fourth-order valence-electron chi connectivity index (χ4n) is 2.95. The van der Waals surface area contributed by atoms with Crippen LogP contribution in [0.1, 0.15) is 30.8 Å². The summed E-state index contributed by atoms with van der Waals surface area (Å²) in [6.07, 6.45) is 3.08. The number of aromatic nitrogens is 6. The molecule has 0 bridgehead atoms. The summed E-state index contributed by atoms with van der Waals surface area (Å²) < 4.78 is 6.04. The van der Waals surface area contributed by atoms with Crippen molar-refractivity contribution in [1.29, 1.82) is 0 Å². The number of fused-ring (bicyclic) bond motifs is 1. The first kappa shape index (κ1) is 19.3. The molecule has 0 saturated carbocycles. The summed E-state index contributed by atoms with van der Waals surface area (Å²) in [5.41, 5.74) is 5.74. The molecule has 13 heteroatoms. The van der Waals surface area contributed by atoms with Crippen LogP contribution in [0.4, 0.5) is 0 Å². The molecule has 1 atom stereocenters. The van der Waals surface area contributed by atoms with E-state index >= 15 is 0 Å². The summed E-state index contributed by atoms with van der Waals surface area (Å²) in [5, 5.41) is 13.0. The lowest BCUT2D eigenvalue weighted by Gasteiger charge is -2.23. The van der Waals surface area contributed by atoms with E-state index < -0.39 is 10.7 Å². The summed E-state index contributed by atoms with van der Waals surface area (Å²) in [6.45, 7) is 2.86. The van der Waals surface area contributed by atoms with E-state index in [1.165, 1.54) is 6.20 Å². The number of aromatic amines is 1. The molecule has 1 fully saturated rings. The minimum Gasteiger partial charge on any atom is -0.381 e. The van der Waals surface area contributed by atoms with E-state index in [2.05, 4.69) is 25.3 Å². The van der Waals surface area contributed by atoms with Crippen molar-refractivity contribution < 1.29 is 9.53 Å². The second kappa shape index (κ2) is 7.43. The monoisotopic (exact) mass is 441 g/mol. The largest absolute Gasteiger partial charge is 0.381 e. The topological polar surface area (TPSA) is 142 Å². The normalized spacial score (nSPS) is 17.6. The van der Waals surface area contributed by atoms with E-state index in [9.17, 15) is 9.59 Å². The number of nitrogens with one attached hydrogen (secondary N) is 1. The molecule has 0 aromatic carbocycles. The molecule has 4 heterocycles. The van der Waals surface area contributed by atoms with E-state index in [-0.39, 0.29) is 21.2 Å². The van der Waals surface area contributed by atoms with E-state index in [4.69, 9.17) is 22.1 Å². The third-order valence-corrected chi connectivity index (χ3v) is 7.12. The molecule has 10 nitrogen and oxygen atoms in total. The molecule has 1 amide bonds. The summed E-state index contributed by atoms with van der Waals surface area (Å²) in [5.74, 6) is -0.647. The molecule has 0 spiro atoms. The highest BCUT2D eigenvalue weighted by molar-refractivity contribution is 8.00. The Labute approximate surface area is 171 Å². The molecular formula is C15H16ClN7O3S2. The third-order valence-electron chi connectivity index (χ3n) is 4.56. The number of hydrogen-bond donors (Lipinski definition) is 2. The lowest BCUT2D eigenvalue weighted by molar-refractivity contribution is -0.120. The smallest absolute Gasteiger partial charge is 0.262 e. The highest BCUT2D eigenvalue weighted by atomic mass is 35.5. The Morgan fingerprint density at radius 3 is 2.86 bits per heavy atom. The van der Waals surface area contributed by atoms with Gasteiger partial charge in [0.1, 0.15) is 10.4 Å². The highest BCUT2D eigenvalue weighted by Crippen LogP contribution is 2.41. The van der Waals surface area contributed by atoms with Gasteiger partial charge < -0.3 is 15.5 Å². The van der Waals surface area contributed by atoms with Crippen LogP contribution in [0.25, 0.3) is 11.0 Å². The zero-order valence-corrected chi connectivity index (χ0v) is 17.1. The molecule has 3 aromatic heterocycles. The molecule has 4 rings (SSSR count). The Kier molecular flexibility index (Phi) is 5.12. The SMILES string of the molecule is CC(Sc1nc2c(cnn2C2CCOCC2)c(=O)[nH]1)(C(N)=O)c1nnc(Cl)s1. The molecular weight excluding hydrogens is 426 g/mol. The number of thioether (sulfide) groups is 1. The molecule has 1 saturated heterocycles. The van der Waals surface area contributed by atoms with Gasteiger partial charge in [0.25, 0.3) is 5.56 Å². The van der Waals surface area contributed by atoms with Crippen molar-refractivity contribution in [2.24, 2.45) is 5.73 Å². The van der Waals surface area contributed by atoms with E-state index in [1.807, 2.05) is 0 Å². The number of nitrogens with two attached hydrogens (primary N) is 1. The van der Waals surface area contributed by atoms with Crippen molar-refractivity contribution in [2.45, 2.75) is 35.7 Å². The zero-order chi connectivity index (χ0) is 19.9. The number of nitrogens with zero attached hydrogens (tertiary/aromatic N) is 5. The van der Waals surface area contributed by atoms with Crippen molar-refractivity contribution in [2.75, 3.05) is 13.2 Å². The molecule has 1 aliphatic rings. The van der Waals surface area contributed by atoms with Crippen LogP contribution in [0.5, 0.6) is 0 Å². The number of hydrogen-bond acceptors (Lipinski definition) is 9. The maximum Gasteiger partial charge on any atom is 0.262 e. The highest BCUT2D eigenvalue weighted by Gasteiger charge is 2.39. The number of amides is 1. The maximum absolute atomic E-state index is 12.5. The van der Waals surface area contributed by atoms with Gasteiger partial charge in [-0.25, -0.2) is 9.67 Å². The van der Waals surface area contributed by atoms with E-state index in [1.54, 1.807) is 11.6 Å². The Morgan fingerprint density at radius 2 is 2.21 bits per heavy atom. The molecule has 3 N–H and O–H groups in total. The first-order valence-electron chi connectivity index (χ1n) is 8.42. The molecule has 0 radical (unpaired) electrons. The molecule has 0 aliphatic carbocycles. The summed E-state index contributed by atoms with van der Waals surface area (Å²) >= 11 is 7.90. The van der Waals surface area contributed by atoms with Gasteiger partial charge in [-0.05, 0) is 31.4 Å². The Hall–Kier alpha value is -2.02. The van der Waals surface area contributed by atoms with Crippen LogP contribution in [-0.4, -0.2) is 49.1 Å². The van der Waals surface area contributed by atoms with E-state index in [0.717, 1.165) is 35.9 Å². The summed E-state index contributed by atoms with van der Waals surface area (Å²) in [4.78, 5) is 32.0. The maximum atomic E-state index is 12.5. The van der Waals surface area contributed by atoms with Gasteiger partial charge >= 0.3 is 0 Å². The number of rotatable bonds is 5. The fourth-order valence-corrected chi connectivity index (χ4v) is 4.97. The van der Waals surface area contributed by atoms with Crippen molar-refractivity contribution in [1.82, 2.24) is 29.9 Å². The van der Waals surface area contributed by atoms with Gasteiger partial charge in [0.05, 0.1) is 12.2 Å². The molecule has 1 aliphatic heterocycles. The average molecular weight is 442 g/mol. The van der Waals surface area contributed by atoms with Crippen LogP contribution < -0.4 is 11.3 Å². The van der Waals surface area contributed by atoms with Crippen LogP contribution in [0, 0.1) is 0 Å². The van der Waals surface area contributed by atoms with Gasteiger partial charge in [0.2, 0.25) is 10.4 Å². The molecule has 3 aromatic rings. The van der Waals surface area contributed by atoms with Crippen molar-refractivity contribution in [3.63, 3.8) is 0 Å². The number of carbonyl (C=O) groups is 1. The molecule has 28 heavy (non-hydrogen) atoms. The molecule has 1 unspecified atom stereocenters. The van der Waals surface area contributed by atoms with Gasteiger partial charge in [-0.15, -0.1) is 10.2 Å². The lowest BCUT2D eigenvalue weighted by Crippen LogP contribution is -2.36. The first-order valence-corrected chi connectivity index (χ1v) is 10.4. The predicted molar refractivity (Wildman–Crippen MR) is 105 cm³/mol. The average Bonchev–Trinajstić information content (AvgIpc) is 3.29. The van der Waals surface area contributed by atoms with Crippen LogP contribution in [0.15, 0.2) is 16.1 Å². The minimum absolute atomic E-state index is 0.0999. The van der Waals surface area contributed by atoms with Gasteiger partial charge in [-0.3, -0.25) is 9.59 Å². The van der Waals surface area contributed by atoms with Crippen molar-refractivity contribution in [3.8, 4) is 0 Å². The quantitative estimate of drug-likeness (QED) is 0.447. The number of primary amides is 1.